The summed E-state index contributed by atoms with van der Waals surface area (Å²) in [4.78, 5) is 15.5. The smallest absolute Gasteiger partial charge is 0.323 e. The molecule has 0 bridgehead atoms. The molecule has 1 aromatic heterocycles. The molecule has 0 saturated carbocycles. The van der Waals surface area contributed by atoms with Crippen molar-refractivity contribution < 1.29 is 9.90 Å². The van der Waals surface area contributed by atoms with Crippen molar-refractivity contribution in [1.82, 2.24) is 10.3 Å². The van der Waals surface area contributed by atoms with Crippen LogP contribution in [0, 0.1) is 0 Å². The van der Waals surface area contributed by atoms with Crippen LogP contribution in [0.2, 0.25) is 0 Å². The molecule has 1 heterocycles. The van der Waals surface area contributed by atoms with Gasteiger partial charge in [-0.15, -0.1) is 11.8 Å². The molecule has 0 aliphatic rings. The first-order valence-electron chi connectivity index (χ1n) is 6.20. The Kier molecular flexibility index (Phi) is 6.82. The van der Waals surface area contributed by atoms with Gasteiger partial charge >= 0.3 is 5.97 Å². The number of likely N-dealkylation sites (N-methyl/N-ethyl adjacent to an activating group) is 1. The SMILES string of the molecule is CCNC(C)(CCCSc1ccc(Br)cn1)C(=O)O. The van der Waals surface area contributed by atoms with Crippen LogP contribution in [0.3, 0.4) is 0 Å². The van der Waals surface area contributed by atoms with Crippen LogP contribution in [0.5, 0.6) is 0 Å². The number of halogens is 1. The quantitative estimate of drug-likeness (QED) is 0.559. The number of nitrogens with zero attached hydrogens (tertiary/aromatic N) is 1. The summed E-state index contributed by atoms with van der Waals surface area (Å²) in [6, 6.07) is 3.91. The Morgan fingerprint density at radius 2 is 2.32 bits per heavy atom. The molecule has 0 amide bonds. The average Bonchev–Trinajstić information content (AvgIpc) is 2.37. The summed E-state index contributed by atoms with van der Waals surface area (Å²) in [7, 11) is 0. The Balaban J connectivity index is 2.36. The molecule has 106 valence electrons. The number of nitrogens with one attached hydrogen (secondary N) is 1. The van der Waals surface area contributed by atoms with Gasteiger partial charge in [-0.05, 0) is 60.1 Å². The van der Waals surface area contributed by atoms with Crippen molar-refractivity contribution in [2.24, 2.45) is 0 Å². The zero-order chi connectivity index (χ0) is 14.3. The molecule has 1 atom stereocenters. The fraction of sp³-hybridized carbons (Fsp3) is 0.538. The van der Waals surface area contributed by atoms with Gasteiger partial charge in [0.1, 0.15) is 5.54 Å². The molecule has 1 aromatic rings. The molecule has 1 rings (SSSR count). The fourth-order valence-electron chi connectivity index (χ4n) is 1.71. The number of aromatic nitrogens is 1. The number of pyridine rings is 1. The number of carboxylic acid groups (broad SMARTS) is 1. The number of carboxylic acids is 1. The highest BCUT2D eigenvalue weighted by Gasteiger charge is 2.30. The van der Waals surface area contributed by atoms with E-state index in [0.717, 1.165) is 21.7 Å². The maximum atomic E-state index is 11.2. The number of aliphatic carboxylic acids is 1. The maximum Gasteiger partial charge on any atom is 0.323 e. The highest BCUT2D eigenvalue weighted by molar-refractivity contribution is 9.10. The number of carbonyl (C=O) groups is 1. The summed E-state index contributed by atoms with van der Waals surface area (Å²) in [6.45, 7) is 4.31. The van der Waals surface area contributed by atoms with Crippen LogP contribution in [-0.4, -0.2) is 33.9 Å². The first kappa shape index (κ1) is 16.5. The Bertz CT molecular complexity index is 414. The maximum absolute atomic E-state index is 11.2. The summed E-state index contributed by atoms with van der Waals surface area (Å²) in [5, 5.41) is 13.2. The molecular weight excluding hydrogens is 328 g/mol. The van der Waals surface area contributed by atoms with E-state index in [1.54, 1.807) is 24.9 Å². The number of hydrogen-bond acceptors (Lipinski definition) is 4. The lowest BCUT2D eigenvalue weighted by Gasteiger charge is -2.25. The predicted molar refractivity (Wildman–Crippen MR) is 81.6 cm³/mol. The van der Waals surface area contributed by atoms with Crippen LogP contribution in [0.4, 0.5) is 0 Å². The summed E-state index contributed by atoms with van der Waals surface area (Å²) >= 11 is 4.99. The van der Waals surface area contributed by atoms with Crippen molar-refractivity contribution in [1.29, 1.82) is 0 Å². The summed E-state index contributed by atoms with van der Waals surface area (Å²) in [6.07, 6.45) is 3.21. The van der Waals surface area contributed by atoms with Crippen LogP contribution in [-0.2, 0) is 4.79 Å². The number of rotatable bonds is 8. The summed E-state index contributed by atoms with van der Waals surface area (Å²) in [5.74, 6) is 0.0734. The molecule has 0 radical (unpaired) electrons. The minimum atomic E-state index is -0.831. The van der Waals surface area contributed by atoms with E-state index in [1.807, 2.05) is 19.1 Å². The van der Waals surface area contributed by atoms with E-state index < -0.39 is 11.5 Å². The molecule has 1 unspecified atom stereocenters. The third-order valence-electron chi connectivity index (χ3n) is 2.81. The molecule has 19 heavy (non-hydrogen) atoms. The van der Waals surface area contributed by atoms with Gasteiger partial charge in [0.05, 0.1) is 5.03 Å². The zero-order valence-electron chi connectivity index (χ0n) is 11.1. The van der Waals surface area contributed by atoms with Gasteiger partial charge < -0.3 is 10.4 Å². The van der Waals surface area contributed by atoms with Crippen molar-refractivity contribution in [3.63, 3.8) is 0 Å². The molecule has 0 aliphatic heterocycles. The van der Waals surface area contributed by atoms with Gasteiger partial charge in [-0.2, -0.15) is 0 Å². The van der Waals surface area contributed by atoms with Crippen LogP contribution in [0.15, 0.2) is 27.8 Å². The largest absolute Gasteiger partial charge is 0.480 e. The second-order valence-electron chi connectivity index (χ2n) is 4.43. The molecule has 4 nitrogen and oxygen atoms in total. The van der Waals surface area contributed by atoms with Crippen LogP contribution < -0.4 is 5.32 Å². The van der Waals surface area contributed by atoms with Gasteiger partial charge in [0.15, 0.2) is 0 Å². The monoisotopic (exact) mass is 346 g/mol. The Morgan fingerprint density at radius 3 is 2.84 bits per heavy atom. The topological polar surface area (TPSA) is 62.2 Å². The zero-order valence-corrected chi connectivity index (χ0v) is 13.6. The lowest BCUT2D eigenvalue weighted by atomic mass is 9.96. The van der Waals surface area contributed by atoms with Crippen molar-refractivity contribution in [3.8, 4) is 0 Å². The predicted octanol–water partition coefficient (Wildman–Crippen LogP) is 3.17. The van der Waals surface area contributed by atoms with Crippen molar-refractivity contribution in [2.75, 3.05) is 12.3 Å². The number of thioether (sulfide) groups is 1. The molecular formula is C13H19BrN2O2S. The minimum Gasteiger partial charge on any atom is -0.480 e. The second kappa shape index (κ2) is 7.87. The third-order valence-corrected chi connectivity index (χ3v) is 4.31. The standard InChI is InChI=1S/C13H19BrN2O2S/c1-3-16-13(2,12(17)18)7-4-8-19-11-6-5-10(14)9-15-11/h5-6,9,16H,3-4,7-8H2,1-2H3,(H,17,18). The second-order valence-corrected chi connectivity index (χ2v) is 6.47. The van der Waals surface area contributed by atoms with E-state index in [0.29, 0.717) is 13.0 Å². The van der Waals surface area contributed by atoms with Crippen molar-refractivity contribution in [3.05, 3.63) is 22.8 Å². The molecule has 2 N–H and O–H groups in total. The van der Waals surface area contributed by atoms with E-state index >= 15 is 0 Å². The van der Waals surface area contributed by atoms with E-state index in [9.17, 15) is 9.90 Å². The first-order chi connectivity index (χ1) is 8.98. The lowest BCUT2D eigenvalue weighted by molar-refractivity contribution is -0.144. The molecule has 0 fully saturated rings. The molecule has 0 aromatic carbocycles. The average molecular weight is 347 g/mol. The van der Waals surface area contributed by atoms with Gasteiger partial charge in [-0.1, -0.05) is 6.92 Å². The number of hydrogen-bond donors (Lipinski definition) is 2. The van der Waals surface area contributed by atoms with Crippen molar-refractivity contribution >= 4 is 33.7 Å². The van der Waals surface area contributed by atoms with Gasteiger partial charge in [0, 0.05) is 10.7 Å². The Labute approximate surface area is 126 Å². The fourth-order valence-corrected chi connectivity index (χ4v) is 2.74. The van der Waals surface area contributed by atoms with Crippen LogP contribution >= 0.6 is 27.7 Å². The minimum absolute atomic E-state index is 0.611. The van der Waals surface area contributed by atoms with Gasteiger partial charge in [0.25, 0.3) is 0 Å². The third kappa shape index (κ3) is 5.50. The summed E-state index contributed by atoms with van der Waals surface area (Å²) in [5.41, 5.74) is -0.831. The highest BCUT2D eigenvalue weighted by atomic mass is 79.9. The molecule has 0 spiro atoms. The van der Waals surface area contributed by atoms with E-state index in [4.69, 9.17) is 0 Å². The van der Waals surface area contributed by atoms with Gasteiger partial charge in [-0.25, -0.2) is 4.98 Å². The Morgan fingerprint density at radius 1 is 1.58 bits per heavy atom. The first-order valence-corrected chi connectivity index (χ1v) is 7.98. The van der Waals surface area contributed by atoms with Crippen molar-refractivity contribution in [2.45, 2.75) is 37.3 Å². The van der Waals surface area contributed by atoms with Crippen LogP contribution in [0.25, 0.3) is 0 Å². The highest BCUT2D eigenvalue weighted by Crippen LogP contribution is 2.21. The lowest BCUT2D eigenvalue weighted by Crippen LogP contribution is -2.49. The van der Waals surface area contributed by atoms with Gasteiger partial charge in [0.2, 0.25) is 0 Å². The normalized spacial score (nSPS) is 14.1. The van der Waals surface area contributed by atoms with Gasteiger partial charge in [-0.3, -0.25) is 4.79 Å². The van der Waals surface area contributed by atoms with E-state index in [1.165, 1.54) is 0 Å². The summed E-state index contributed by atoms with van der Waals surface area (Å²) < 4.78 is 0.961. The molecule has 0 saturated heterocycles. The molecule has 6 heteroatoms. The Hall–Kier alpha value is -0.590. The molecule has 0 aliphatic carbocycles. The van der Waals surface area contributed by atoms with E-state index in [-0.39, 0.29) is 0 Å². The van der Waals surface area contributed by atoms with E-state index in [2.05, 4.69) is 26.2 Å². The van der Waals surface area contributed by atoms with Crippen LogP contribution in [0.1, 0.15) is 26.7 Å².